The van der Waals surface area contributed by atoms with Crippen LogP contribution in [0.25, 0.3) is 0 Å². The molecule has 106 valence electrons. The summed E-state index contributed by atoms with van der Waals surface area (Å²) in [5.41, 5.74) is 0.361. The molecule has 2 heterocycles. The van der Waals surface area contributed by atoms with E-state index in [1.807, 2.05) is 6.07 Å². The molecule has 0 aliphatic rings. The molecule has 0 radical (unpaired) electrons. The van der Waals surface area contributed by atoms with Crippen LogP contribution in [-0.2, 0) is 24.3 Å². The molecule has 2 N–H and O–H groups in total. The molecule has 0 atom stereocenters. The maximum atomic E-state index is 12.0. The summed E-state index contributed by atoms with van der Waals surface area (Å²) in [4.78, 5) is 25.1. The predicted octanol–water partition coefficient (Wildman–Crippen LogP) is 2.13. The minimum absolute atomic E-state index is 0.214. The smallest absolute Gasteiger partial charge is 0.323 e. The van der Waals surface area contributed by atoms with Crippen molar-refractivity contribution in [3.8, 4) is 0 Å². The summed E-state index contributed by atoms with van der Waals surface area (Å²) in [6, 6.07) is 7.34. The molecular formula is C14H16N2O3S. The number of carbonyl (C=O) groups excluding carboxylic acids is 1. The third-order valence-electron chi connectivity index (χ3n) is 2.86. The molecule has 0 aliphatic heterocycles. The second-order valence-corrected chi connectivity index (χ2v) is 5.57. The van der Waals surface area contributed by atoms with E-state index in [9.17, 15) is 9.59 Å². The van der Waals surface area contributed by atoms with Crippen molar-refractivity contribution in [2.45, 2.75) is 26.4 Å². The van der Waals surface area contributed by atoms with E-state index in [4.69, 9.17) is 5.11 Å². The van der Waals surface area contributed by atoms with E-state index in [0.29, 0.717) is 12.2 Å². The standard InChI is InChI=1S/C14H16N2O3S/c1-2-10-5-6-11(20-10)8-15-14(19)12-4-3-7-16(12)9-13(17)18/h3-7H,2,8-9H2,1H3,(H,15,19)(H,17,18). The van der Waals surface area contributed by atoms with Crippen molar-refractivity contribution in [3.63, 3.8) is 0 Å². The fourth-order valence-electron chi connectivity index (χ4n) is 1.87. The van der Waals surface area contributed by atoms with E-state index in [-0.39, 0.29) is 12.5 Å². The number of hydrogen-bond donors (Lipinski definition) is 2. The lowest BCUT2D eigenvalue weighted by atomic mass is 10.3. The Bertz CT molecular complexity index is 615. The molecule has 2 rings (SSSR count). The molecular weight excluding hydrogens is 276 g/mol. The molecule has 0 saturated carbocycles. The number of nitrogens with zero attached hydrogens (tertiary/aromatic N) is 1. The average Bonchev–Trinajstić information content (AvgIpc) is 3.04. The molecule has 0 spiro atoms. The highest BCUT2D eigenvalue weighted by molar-refractivity contribution is 7.11. The van der Waals surface area contributed by atoms with Gasteiger partial charge in [-0.1, -0.05) is 6.92 Å². The normalized spacial score (nSPS) is 10.4. The van der Waals surface area contributed by atoms with E-state index in [1.54, 1.807) is 29.7 Å². The molecule has 1 amide bonds. The molecule has 0 aromatic carbocycles. The predicted molar refractivity (Wildman–Crippen MR) is 76.9 cm³/mol. The number of nitrogens with one attached hydrogen (secondary N) is 1. The van der Waals surface area contributed by atoms with Gasteiger partial charge in [0.05, 0.1) is 6.54 Å². The van der Waals surface area contributed by atoms with E-state index in [1.165, 1.54) is 9.44 Å². The number of rotatable bonds is 6. The monoisotopic (exact) mass is 292 g/mol. The van der Waals surface area contributed by atoms with Crippen LogP contribution in [0.1, 0.15) is 27.2 Å². The number of amides is 1. The van der Waals surface area contributed by atoms with Crippen LogP contribution >= 0.6 is 11.3 Å². The molecule has 0 unspecified atom stereocenters. The number of aliphatic carboxylic acids is 1. The van der Waals surface area contributed by atoms with Gasteiger partial charge < -0.3 is 15.0 Å². The SMILES string of the molecule is CCc1ccc(CNC(=O)c2cccn2CC(=O)O)s1. The highest BCUT2D eigenvalue weighted by Crippen LogP contribution is 2.16. The first-order chi connectivity index (χ1) is 9.60. The van der Waals surface area contributed by atoms with Gasteiger partial charge in [0.1, 0.15) is 12.2 Å². The molecule has 6 heteroatoms. The maximum Gasteiger partial charge on any atom is 0.323 e. The molecule has 0 aliphatic carbocycles. The van der Waals surface area contributed by atoms with Gasteiger partial charge in [0, 0.05) is 16.0 Å². The van der Waals surface area contributed by atoms with Crippen LogP contribution in [0.3, 0.4) is 0 Å². The Hall–Kier alpha value is -2.08. The number of thiophene rings is 1. The van der Waals surface area contributed by atoms with Gasteiger partial charge in [-0.25, -0.2) is 0 Å². The Balaban J connectivity index is 1.98. The lowest BCUT2D eigenvalue weighted by Gasteiger charge is -2.07. The van der Waals surface area contributed by atoms with Gasteiger partial charge in [-0.3, -0.25) is 9.59 Å². The van der Waals surface area contributed by atoms with Gasteiger partial charge in [-0.05, 0) is 30.7 Å². The van der Waals surface area contributed by atoms with Crippen LogP contribution in [0.15, 0.2) is 30.5 Å². The Labute approximate surface area is 120 Å². The third kappa shape index (κ3) is 3.48. The highest BCUT2D eigenvalue weighted by atomic mass is 32.1. The number of aromatic nitrogens is 1. The van der Waals surface area contributed by atoms with Gasteiger partial charge in [0.25, 0.3) is 5.91 Å². The fourth-order valence-corrected chi connectivity index (χ4v) is 2.77. The zero-order valence-corrected chi connectivity index (χ0v) is 11.9. The summed E-state index contributed by atoms with van der Waals surface area (Å²) in [7, 11) is 0. The second kappa shape index (κ2) is 6.38. The van der Waals surface area contributed by atoms with E-state index < -0.39 is 5.97 Å². The first kappa shape index (κ1) is 14.3. The largest absolute Gasteiger partial charge is 0.480 e. The highest BCUT2D eigenvalue weighted by Gasteiger charge is 2.12. The Kier molecular flexibility index (Phi) is 4.57. The minimum Gasteiger partial charge on any atom is -0.480 e. The van der Waals surface area contributed by atoms with Crippen LogP contribution in [0.2, 0.25) is 0 Å². The van der Waals surface area contributed by atoms with Crippen molar-refractivity contribution < 1.29 is 14.7 Å². The first-order valence-electron chi connectivity index (χ1n) is 6.33. The van der Waals surface area contributed by atoms with Crippen LogP contribution in [-0.4, -0.2) is 21.6 Å². The van der Waals surface area contributed by atoms with Crippen molar-refractivity contribution in [2.75, 3.05) is 0 Å². The number of hydrogen-bond acceptors (Lipinski definition) is 3. The maximum absolute atomic E-state index is 12.0. The lowest BCUT2D eigenvalue weighted by molar-refractivity contribution is -0.137. The molecule has 5 nitrogen and oxygen atoms in total. The van der Waals surface area contributed by atoms with Gasteiger partial charge in [-0.15, -0.1) is 11.3 Å². The van der Waals surface area contributed by atoms with Crippen molar-refractivity contribution in [1.82, 2.24) is 9.88 Å². The zero-order chi connectivity index (χ0) is 14.5. The van der Waals surface area contributed by atoms with E-state index in [2.05, 4.69) is 18.3 Å². The third-order valence-corrected chi connectivity index (χ3v) is 4.09. The first-order valence-corrected chi connectivity index (χ1v) is 7.14. The number of carboxylic acid groups (broad SMARTS) is 1. The number of carbonyl (C=O) groups is 2. The summed E-state index contributed by atoms with van der Waals surface area (Å²) < 4.78 is 1.42. The van der Waals surface area contributed by atoms with E-state index in [0.717, 1.165) is 11.3 Å². The molecule has 2 aromatic heterocycles. The molecule has 20 heavy (non-hydrogen) atoms. The molecule has 0 bridgehead atoms. The Morgan fingerprint density at radius 1 is 1.30 bits per heavy atom. The van der Waals surface area contributed by atoms with Crippen LogP contribution in [0.4, 0.5) is 0 Å². The van der Waals surface area contributed by atoms with E-state index >= 15 is 0 Å². The fraction of sp³-hybridized carbons (Fsp3) is 0.286. The molecule has 2 aromatic rings. The second-order valence-electron chi connectivity index (χ2n) is 4.32. The van der Waals surface area contributed by atoms with Crippen molar-refractivity contribution >= 4 is 23.2 Å². The van der Waals surface area contributed by atoms with Crippen molar-refractivity contribution in [3.05, 3.63) is 45.9 Å². The zero-order valence-electron chi connectivity index (χ0n) is 11.1. The summed E-state index contributed by atoms with van der Waals surface area (Å²) >= 11 is 1.67. The topological polar surface area (TPSA) is 71.3 Å². The van der Waals surface area contributed by atoms with Crippen molar-refractivity contribution in [1.29, 1.82) is 0 Å². The van der Waals surface area contributed by atoms with Gasteiger partial charge in [-0.2, -0.15) is 0 Å². The Morgan fingerprint density at radius 2 is 2.05 bits per heavy atom. The van der Waals surface area contributed by atoms with Crippen molar-refractivity contribution in [2.24, 2.45) is 0 Å². The summed E-state index contributed by atoms with van der Waals surface area (Å²) in [5.74, 6) is -1.23. The molecule has 0 fully saturated rings. The quantitative estimate of drug-likeness (QED) is 0.856. The van der Waals surface area contributed by atoms with Gasteiger partial charge in [0.2, 0.25) is 0 Å². The van der Waals surface area contributed by atoms with Crippen LogP contribution < -0.4 is 5.32 Å². The summed E-state index contributed by atoms with van der Waals surface area (Å²) in [6.45, 7) is 2.34. The van der Waals surface area contributed by atoms with Gasteiger partial charge >= 0.3 is 5.97 Å². The lowest BCUT2D eigenvalue weighted by Crippen LogP contribution is -2.26. The van der Waals surface area contributed by atoms with Crippen LogP contribution in [0, 0.1) is 0 Å². The summed E-state index contributed by atoms with van der Waals surface area (Å²) in [6.07, 6.45) is 2.57. The summed E-state index contributed by atoms with van der Waals surface area (Å²) in [5, 5.41) is 11.6. The van der Waals surface area contributed by atoms with Crippen LogP contribution in [0.5, 0.6) is 0 Å². The number of carboxylic acids is 1. The minimum atomic E-state index is -0.971. The molecule has 0 saturated heterocycles. The number of aryl methyl sites for hydroxylation is 1. The average molecular weight is 292 g/mol. The Morgan fingerprint density at radius 3 is 2.70 bits per heavy atom. The van der Waals surface area contributed by atoms with Gasteiger partial charge in [0.15, 0.2) is 0 Å².